The molecule has 4 unspecified atom stereocenters. The smallest absolute Gasteiger partial charge is 0.0568 e. The summed E-state index contributed by atoms with van der Waals surface area (Å²) in [7, 11) is 0. The van der Waals surface area contributed by atoms with Crippen LogP contribution in [-0.4, -0.2) is 11.2 Å². The van der Waals surface area contributed by atoms with Crippen LogP contribution in [0, 0.1) is 17.8 Å². The van der Waals surface area contributed by atoms with E-state index in [1.54, 1.807) is 0 Å². The van der Waals surface area contributed by atoms with Crippen LogP contribution >= 0.6 is 0 Å². The summed E-state index contributed by atoms with van der Waals surface area (Å²) in [6, 6.07) is 0. The van der Waals surface area contributed by atoms with Crippen molar-refractivity contribution in [3.05, 3.63) is 0 Å². The molecule has 1 saturated carbocycles. The van der Waals surface area contributed by atoms with Gasteiger partial charge in [-0.25, -0.2) is 0 Å². The Balaban J connectivity index is 2.37. The van der Waals surface area contributed by atoms with Crippen molar-refractivity contribution in [2.75, 3.05) is 0 Å². The second-order valence-electron chi connectivity index (χ2n) is 4.90. The molecule has 1 aliphatic rings. The summed E-state index contributed by atoms with van der Waals surface area (Å²) >= 11 is 0. The van der Waals surface area contributed by atoms with Crippen molar-refractivity contribution in [3.8, 4) is 0 Å². The van der Waals surface area contributed by atoms with E-state index in [0.717, 1.165) is 18.3 Å². The molecule has 0 amide bonds. The zero-order chi connectivity index (χ0) is 9.84. The Hall–Kier alpha value is -0.0400. The number of aliphatic hydroxyl groups is 1. The molecule has 13 heavy (non-hydrogen) atoms. The van der Waals surface area contributed by atoms with Gasteiger partial charge in [0.15, 0.2) is 0 Å². The summed E-state index contributed by atoms with van der Waals surface area (Å²) in [4.78, 5) is 0. The van der Waals surface area contributed by atoms with E-state index in [-0.39, 0.29) is 6.10 Å². The Morgan fingerprint density at radius 2 is 1.85 bits per heavy atom. The van der Waals surface area contributed by atoms with Crippen LogP contribution in [0.5, 0.6) is 0 Å². The molecule has 0 bridgehead atoms. The second-order valence-corrected chi connectivity index (χ2v) is 4.90. The van der Waals surface area contributed by atoms with Crippen molar-refractivity contribution in [3.63, 3.8) is 0 Å². The standard InChI is InChI=1S/C12H24O/c1-4-5-6-11-7-10(3)12(13)8-9(11)2/h9-13H,4-8H2,1-3H3. The second kappa shape index (κ2) is 4.99. The topological polar surface area (TPSA) is 20.2 Å². The lowest BCUT2D eigenvalue weighted by Crippen LogP contribution is -2.32. The van der Waals surface area contributed by atoms with Gasteiger partial charge in [0.2, 0.25) is 0 Å². The molecular weight excluding hydrogens is 160 g/mol. The quantitative estimate of drug-likeness (QED) is 0.714. The fourth-order valence-corrected chi connectivity index (χ4v) is 2.54. The molecule has 0 saturated heterocycles. The maximum atomic E-state index is 9.69. The third-order valence-electron chi connectivity index (χ3n) is 3.68. The Morgan fingerprint density at radius 3 is 2.46 bits per heavy atom. The van der Waals surface area contributed by atoms with Crippen molar-refractivity contribution in [2.45, 2.75) is 59.0 Å². The van der Waals surface area contributed by atoms with Crippen LogP contribution in [0.25, 0.3) is 0 Å². The van der Waals surface area contributed by atoms with Crippen molar-refractivity contribution in [2.24, 2.45) is 17.8 Å². The summed E-state index contributed by atoms with van der Waals surface area (Å²) < 4.78 is 0. The van der Waals surface area contributed by atoms with Crippen LogP contribution in [-0.2, 0) is 0 Å². The van der Waals surface area contributed by atoms with E-state index in [1.807, 2.05) is 0 Å². The molecule has 0 radical (unpaired) electrons. The third kappa shape index (κ3) is 2.98. The molecule has 0 spiro atoms. The van der Waals surface area contributed by atoms with Gasteiger partial charge in [-0.05, 0) is 30.6 Å². The van der Waals surface area contributed by atoms with E-state index < -0.39 is 0 Å². The minimum atomic E-state index is -0.0344. The molecule has 0 aromatic heterocycles. The number of hydrogen-bond acceptors (Lipinski definition) is 1. The number of unbranched alkanes of at least 4 members (excludes halogenated alkanes) is 1. The van der Waals surface area contributed by atoms with E-state index in [2.05, 4.69) is 20.8 Å². The zero-order valence-electron chi connectivity index (χ0n) is 9.29. The van der Waals surface area contributed by atoms with E-state index in [4.69, 9.17) is 0 Å². The van der Waals surface area contributed by atoms with Crippen molar-refractivity contribution in [1.29, 1.82) is 0 Å². The average Bonchev–Trinajstić information content (AvgIpc) is 2.09. The summed E-state index contributed by atoms with van der Waals surface area (Å²) in [5.74, 6) is 2.13. The van der Waals surface area contributed by atoms with Gasteiger partial charge in [-0.1, -0.05) is 40.0 Å². The summed E-state index contributed by atoms with van der Waals surface area (Å²) in [5.41, 5.74) is 0. The third-order valence-corrected chi connectivity index (χ3v) is 3.68. The van der Waals surface area contributed by atoms with E-state index in [1.165, 1.54) is 25.7 Å². The fourth-order valence-electron chi connectivity index (χ4n) is 2.54. The summed E-state index contributed by atoms with van der Waals surface area (Å²) in [6.45, 7) is 6.75. The molecule has 0 aromatic rings. The summed E-state index contributed by atoms with van der Waals surface area (Å²) in [6.07, 6.45) is 6.26. The highest BCUT2D eigenvalue weighted by Crippen LogP contribution is 2.36. The average molecular weight is 184 g/mol. The van der Waals surface area contributed by atoms with Crippen molar-refractivity contribution < 1.29 is 5.11 Å². The maximum absolute atomic E-state index is 9.69. The van der Waals surface area contributed by atoms with Crippen LogP contribution < -0.4 is 0 Å². The highest BCUT2D eigenvalue weighted by atomic mass is 16.3. The molecule has 1 fully saturated rings. The molecule has 4 atom stereocenters. The predicted molar refractivity (Wildman–Crippen MR) is 56.6 cm³/mol. The normalized spacial score (nSPS) is 40.6. The molecule has 1 nitrogen and oxygen atoms in total. The largest absolute Gasteiger partial charge is 0.393 e. The van der Waals surface area contributed by atoms with Gasteiger partial charge in [0.25, 0.3) is 0 Å². The minimum Gasteiger partial charge on any atom is -0.393 e. The highest BCUT2D eigenvalue weighted by molar-refractivity contribution is 4.81. The van der Waals surface area contributed by atoms with Gasteiger partial charge in [-0.3, -0.25) is 0 Å². The van der Waals surface area contributed by atoms with Gasteiger partial charge in [0.1, 0.15) is 0 Å². The first-order chi connectivity index (χ1) is 6.15. The lowest BCUT2D eigenvalue weighted by molar-refractivity contribution is 0.0252. The van der Waals surface area contributed by atoms with E-state index in [9.17, 15) is 5.11 Å². The van der Waals surface area contributed by atoms with Crippen LogP contribution in [0.15, 0.2) is 0 Å². The molecule has 0 aliphatic heterocycles. The number of rotatable bonds is 3. The molecule has 78 valence electrons. The Labute approximate surface area is 82.5 Å². The SMILES string of the molecule is CCCCC1CC(C)C(O)CC1C. The first kappa shape index (κ1) is 11.0. The Bertz CT molecular complexity index is 144. The molecule has 1 N–H and O–H groups in total. The van der Waals surface area contributed by atoms with Gasteiger partial charge in [0.05, 0.1) is 6.10 Å². The van der Waals surface area contributed by atoms with Crippen LogP contribution in [0.4, 0.5) is 0 Å². The van der Waals surface area contributed by atoms with E-state index in [0.29, 0.717) is 5.92 Å². The zero-order valence-corrected chi connectivity index (χ0v) is 9.29. The van der Waals surface area contributed by atoms with Gasteiger partial charge < -0.3 is 5.11 Å². The summed E-state index contributed by atoms with van der Waals surface area (Å²) in [5, 5.41) is 9.69. The first-order valence-corrected chi connectivity index (χ1v) is 5.83. The van der Waals surface area contributed by atoms with Gasteiger partial charge in [-0.15, -0.1) is 0 Å². The fraction of sp³-hybridized carbons (Fsp3) is 1.00. The number of aliphatic hydroxyl groups excluding tert-OH is 1. The monoisotopic (exact) mass is 184 g/mol. The van der Waals surface area contributed by atoms with Crippen LogP contribution in [0.1, 0.15) is 52.9 Å². The van der Waals surface area contributed by atoms with Gasteiger partial charge in [-0.2, -0.15) is 0 Å². The Morgan fingerprint density at radius 1 is 1.15 bits per heavy atom. The van der Waals surface area contributed by atoms with Crippen molar-refractivity contribution in [1.82, 2.24) is 0 Å². The highest BCUT2D eigenvalue weighted by Gasteiger charge is 2.30. The molecule has 1 rings (SSSR count). The first-order valence-electron chi connectivity index (χ1n) is 5.83. The molecule has 0 heterocycles. The molecule has 1 heteroatoms. The van der Waals surface area contributed by atoms with Crippen LogP contribution in [0.2, 0.25) is 0 Å². The molecule has 1 aliphatic carbocycles. The van der Waals surface area contributed by atoms with Gasteiger partial charge >= 0.3 is 0 Å². The Kier molecular flexibility index (Phi) is 4.24. The number of hydrogen-bond donors (Lipinski definition) is 1. The maximum Gasteiger partial charge on any atom is 0.0568 e. The lowest BCUT2D eigenvalue weighted by atomic mass is 9.72. The molecular formula is C12H24O. The predicted octanol–water partition coefficient (Wildman–Crippen LogP) is 3.22. The molecule has 0 aromatic carbocycles. The van der Waals surface area contributed by atoms with Crippen LogP contribution in [0.3, 0.4) is 0 Å². The lowest BCUT2D eigenvalue weighted by Gasteiger charge is -2.36. The van der Waals surface area contributed by atoms with E-state index >= 15 is 0 Å². The minimum absolute atomic E-state index is 0.0344. The van der Waals surface area contributed by atoms with Gasteiger partial charge in [0, 0.05) is 0 Å². The van der Waals surface area contributed by atoms with Crippen molar-refractivity contribution >= 4 is 0 Å².